The van der Waals surface area contributed by atoms with E-state index < -0.39 is 5.91 Å². The topological polar surface area (TPSA) is 137 Å². The van der Waals surface area contributed by atoms with Gasteiger partial charge in [-0.3, -0.25) is 9.78 Å². The number of amides is 1. The van der Waals surface area contributed by atoms with Gasteiger partial charge in [0.15, 0.2) is 0 Å². The molecule has 4 aromatic rings. The number of hydrogen-bond acceptors (Lipinski definition) is 8. The van der Waals surface area contributed by atoms with Crippen LogP contribution >= 0.6 is 0 Å². The molecule has 32 heavy (non-hydrogen) atoms. The average molecular weight is 427 g/mol. The van der Waals surface area contributed by atoms with Crippen LogP contribution in [-0.4, -0.2) is 35.9 Å². The number of benzene rings is 1. The number of pyridine rings is 1. The SMILES string of the molecule is NC(=O)c1cnc(NC2CCCc3cccnc32)nc1Nc1cccc(-n2nccn2)c1. The number of nitrogens with two attached hydrogens (primary N) is 1. The molecular weight excluding hydrogens is 406 g/mol. The lowest BCUT2D eigenvalue weighted by Crippen LogP contribution is -2.21. The fraction of sp³-hybridized carbons (Fsp3) is 0.182. The Kier molecular flexibility index (Phi) is 5.16. The molecule has 10 heteroatoms. The second-order valence-corrected chi connectivity index (χ2v) is 7.45. The average Bonchev–Trinajstić information content (AvgIpc) is 3.35. The third-order valence-electron chi connectivity index (χ3n) is 5.31. The summed E-state index contributed by atoms with van der Waals surface area (Å²) in [7, 11) is 0. The third-order valence-corrected chi connectivity index (χ3v) is 5.31. The molecule has 0 saturated carbocycles. The lowest BCUT2D eigenvalue weighted by Gasteiger charge is -2.25. The van der Waals surface area contributed by atoms with Crippen LogP contribution in [0, 0.1) is 0 Å². The highest BCUT2D eigenvalue weighted by molar-refractivity contribution is 5.98. The molecule has 0 saturated heterocycles. The number of nitrogens with one attached hydrogen (secondary N) is 2. The van der Waals surface area contributed by atoms with Gasteiger partial charge in [-0.05, 0) is 49.1 Å². The van der Waals surface area contributed by atoms with E-state index in [-0.39, 0.29) is 11.6 Å². The molecule has 0 radical (unpaired) electrons. The number of rotatable bonds is 6. The Bertz CT molecular complexity index is 1260. The van der Waals surface area contributed by atoms with Crippen LogP contribution in [0.4, 0.5) is 17.5 Å². The fourth-order valence-electron chi connectivity index (χ4n) is 3.83. The summed E-state index contributed by atoms with van der Waals surface area (Å²) in [5.74, 6) is 0.0946. The van der Waals surface area contributed by atoms with Crippen molar-refractivity contribution in [3.63, 3.8) is 0 Å². The highest BCUT2D eigenvalue weighted by Crippen LogP contribution is 2.30. The zero-order valence-electron chi connectivity index (χ0n) is 17.1. The maximum absolute atomic E-state index is 12.0. The molecule has 1 aromatic carbocycles. The van der Waals surface area contributed by atoms with Crippen molar-refractivity contribution < 1.29 is 4.79 Å². The van der Waals surface area contributed by atoms with E-state index in [2.05, 4.69) is 41.8 Å². The lowest BCUT2D eigenvalue weighted by molar-refractivity contribution is 0.100. The normalized spacial score (nSPS) is 15.1. The van der Waals surface area contributed by atoms with Gasteiger partial charge in [0.2, 0.25) is 5.95 Å². The van der Waals surface area contributed by atoms with Gasteiger partial charge in [-0.25, -0.2) is 4.98 Å². The Morgan fingerprint density at radius 3 is 2.81 bits per heavy atom. The summed E-state index contributed by atoms with van der Waals surface area (Å²) in [4.78, 5) is 26.9. The summed E-state index contributed by atoms with van der Waals surface area (Å²) in [5.41, 5.74) is 9.46. The molecule has 1 amide bonds. The Balaban J connectivity index is 1.44. The Morgan fingerprint density at radius 1 is 1.09 bits per heavy atom. The van der Waals surface area contributed by atoms with Gasteiger partial charge in [-0.2, -0.15) is 20.0 Å². The third kappa shape index (κ3) is 3.97. The minimum absolute atomic E-state index is 0.00134. The summed E-state index contributed by atoms with van der Waals surface area (Å²) in [5, 5.41) is 14.8. The van der Waals surface area contributed by atoms with E-state index in [0.717, 1.165) is 30.6 Å². The minimum atomic E-state index is -0.617. The zero-order chi connectivity index (χ0) is 21.9. The number of fused-ring (bicyclic) bond motifs is 1. The van der Waals surface area contributed by atoms with Crippen molar-refractivity contribution in [2.75, 3.05) is 10.6 Å². The van der Waals surface area contributed by atoms with E-state index >= 15 is 0 Å². The summed E-state index contributed by atoms with van der Waals surface area (Å²) in [6, 6.07) is 11.5. The molecule has 1 unspecified atom stereocenters. The summed E-state index contributed by atoms with van der Waals surface area (Å²) < 4.78 is 0. The van der Waals surface area contributed by atoms with Gasteiger partial charge in [0.05, 0.1) is 29.8 Å². The minimum Gasteiger partial charge on any atom is -0.365 e. The van der Waals surface area contributed by atoms with Gasteiger partial charge in [0, 0.05) is 18.1 Å². The van der Waals surface area contributed by atoms with E-state index in [9.17, 15) is 4.79 Å². The second kappa shape index (κ2) is 8.42. The van der Waals surface area contributed by atoms with Crippen molar-refractivity contribution >= 4 is 23.4 Å². The molecule has 0 aliphatic heterocycles. The highest BCUT2D eigenvalue weighted by Gasteiger charge is 2.22. The van der Waals surface area contributed by atoms with Crippen LogP contribution in [-0.2, 0) is 6.42 Å². The van der Waals surface area contributed by atoms with Gasteiger partial charge < -0.3 is 16.4 Å². The molecule has 1 aliphatic carbocycles. The molecule has 0 fully saturated rings. The number of primary amides is 1. The first-order valence-electron chi connectivity index (χ1n) is 10.3. The Hall–Kier alpha value is -4.34. The van der Waals surface area contributed by atoms with Crippen LogP contribution < -0.4 is 16.4 Å². The van der Waals surface area contributed by atoms with Gasteiger partial charge >= 0.3 is 0 Å². The molecular formula is C22H21N9O. The molecule has 0 spiro atoms. The largest absolute Gasteiger partial charge is 0.365 e. The predicted octanol–water partition coefficient (Wildman–Crippen LogP) is 2.78. The standard InChI is InChI=1S/C22H21N9O/c23-20(32)17-13-25-22(29-18-8-1-4-14-5-3-9-24-19(14)18)30-21(17)28-15-6-2-7-16(12-15)31-26-10-11-27-31/h2-3,5-7,9-13,18H,1,4,8H2,(H2,23,32)(H2,25,28,29,30). The van der Waals surface area contributed by atoms with Crippen LogP contribution in [0.5, 0.6) is 0 Å². The smallest absolute Gasteiger partial charge is 0.254 e. The van der Waals surface area contributed by atoms with E-state index in [4.69, 9.17) is 5.73 Å². The first-order chi connectivity index (χ1) is 15.7. The van der Waals surface area contributed by atoms with Crippen LogP contribution in [0.3, 0.4) is 0 Å². The number of anilines is 3. The molecule has 3 heterocycles. The molecule has 4 N–H and O–H groups in total. The molecule has 5 rings (SSSR count). The number of aromatic nitrogens is 6. The van der Waals surface area contributed by atoms with Crippen molar-refractivity contribution in [1.82, 2.24) is 29.9 Å². The maximum Gasteiger partial charge on any atom is 0.254 e. The second-order valence-electron chi connectivity index (χ2n) is 7.45. The molecule has 0 bridgehead atoms. The van der Waals surface area contributed by atoms with Crippen molar-refractivity contribution in [1.29, 1.82) is 0 Å². The van der Waals surface area contributed by atoms with Crippen molar-refractivity contribution in [2.45, 2.75) is 25.3 Å². The lowest BCUT2D eigenvalue weighted by atomic mass is 9.92. The van der Waals surface area contributed by atoms with E-state index in [0.29, 0.717) is 17.5 Å². The van der Waals surface area contributed by atoms with Crippen LogP contribution in [0.15, 0.2) is 61.2 Å². The first-order valence-corrected chi connectivity index (χ1v) is 10.3. The van der Waals surface area contributed by atoms with Crippen LogP contribution in [0.1, 0.15) is 40.5 Å². The quantitative estimate of drug-likeness (QED) is 0.427. The highest BCUT2D eigenvalue weighted by atomic mass is 16.1. The van der Waals surface area contributed by atoms with Gasteiger partial charge in [0.1, 0.15) is 11.4 Å². The van der Waals surface area contributed by atoms with Gasteiger partial charge in [0.25, 0.3) is 5.91 Å². The summed E-state index contributed by atoms with van der Waals surface area (Å²) in [6.07, 6.45) is 9.42. The Morgan fingerprint density at radius 2 is 1.97 bits per heavy atom. The van der Waals surface area contributed by atoms with Crippen molar-refractivity contribution in [3.05, 3.63) is 78.0 Å². The number of aryl methyl sites for hydroxylation is 1. The molecule has 3 aromatic heterocycles. The van der Waals surface area contributed by atoms with Crippen molar-refractivity contribution in [3.8, 4) is 5.69 Å². The number of carbonyl (C=O) groups excluding carboxylic acids is 1. The van der Waals surface area contributed by atoms with E-state index in [1.807, 2.05) is 30.3 Å². The number of carbonyl (C=O) groups is 1. The number of nitrogens with zero attached hydrogens (tertiary/aromatic N) is 6. The molecule has 1 atom stereocenters. The summed E-state index contributed by atoms with van der Waals surface area (Å²) in [6.45, 7) is 0. The molecule has 10 nitrogen and oxygen atoms in total. The first kappa shape index (κ1) is 19.6. The van der Waals surface area contributed by atoms with Crippen molar-refractivity contribution in [2.24, 2.45) is 5.73 Å². The van der Waals surface area contributed by atoms with Gasteiger partial charge in [-0.1, -0.05) is 12.1 Å². The Labute approximate surface area is 183 Å². The predicted molar refractivity (Wildman–Crippen MR) is 119 cm³/mol. The summed E-state index contributed by atoms with van der Waals surface area (Å²) >= 11 is 0. The molecule has 1 aliphatic rings. The zero-order valence-corrected chi connectivity index (χ0v) is 17.1. The fourth-order valence-corrected chi connectivity index (χ4v) is 3.83. The van der Waals surface area contributed by atoms with Gasteiger partial charge in [-0.15, -0.1) is 0 Å². The van der Waals surface area contributed by atoms with Crippen LogP contribution in [0.2, 0.25) is 0 Å². The molecule has 160 valence electrons. The van der Waals surface area contributed by atoms with E-state index in [1.165, 1.54) is 16.6 Å². The van der Waals surface area contributed by atoms with Crippen LogP contribution in [0.25, 0.3) is 5.69 Å². The van der Waals surface area contributed by atoms with E-state index in [1.54, 1.807) is 18.6 Å². The monoisotopic (exact) mass is 427 g/mol. The maximum atomic E-state index is 12.0. The number of hydrogen-bond donors (Lipinski definition) is 3.